The van der Waals surface area contributed by atoms with Gasteiger partial charge in [0.15, 0.2) is 0 Å². The number of ether oxygens (including phenoxy) is 1. The Morgan fingerprint density at radius 3 is 2.21 bits per heavy atom. The number of halogens is 1. The van der Waals surface area contributed by atoms with Crippen molar-refractivity contribution >= 4 is 15.9 Å². The van der Waals surface area contributed by atoms with E-state index in [1.807, 2.05) is 0 Å². The number of methoxy groups -OCH3 is 1. The Morgan fingerprint density at radius 1 is 1.10 bits per heavy atom. The van der Waals surface area contributed by atoms with Crippen LogP contribution in [0.1, 0.15) is 36.7 Å². The number of amides is 1. The molecular weight excluding hydrogens is 395 g/mol. The summed E-state index contributed by atoms with van der Waals surface area (Å²) in [6, 6.07) is 12.0. The Labute approximate surface area is 171 Å². The first-order valence-corrected chi connectivity index (χ1v) is 10.8. The van der Waals surface area contributed by atoms with Crippen molar-refractivity contribution in [1.29, 1.82) is 0 Å². The van der Waals surface area contributed by atoms with Crippen molar-refractivity contribution in [2.75, 3.05) is 26.7 Å². The molecule has 29 heavy (non-hydrogen) atoms. The highest BCUT2D eigenvalue weighted by Gasteiger charge is 2.30. The van der Waals surface area contributed by atoms with E-state index in [-0.39, 0.29) is 11.4 Å². The number of nitrogens with zero attached hydrogens (tertiary/aromatic N) is 1. The number of carbonyl (C=O) groups is 1. The first kappa shape index (κ1) is 23.0. The quantitative estimate of drug-likeness (QED) is 0.674. The van der Waals surface area contributed by atoms with E-state index in [1.54, 1.807) is 39.0 Å². The number of rotatable bonds is 9. The van der Waals surface area contributed by atoms with Gasteiger partial charge in [-0.2, -0.15) is 4.31 Å². The van der Waals surface area contributed by atoms with Gasteiger partial charge in [-0.25, -0.2) is 12.8 Å². The molecule has 0 aliphatic rings. The molecule has 8 heteroatoms. The van der Waals surface area contributed by atoms with Crippen LogP contribution in [0, 0.1) is 5.82 Å². The van der Waals surface area contributed by atoms with Crippen molar-refractivity contribution in [2.45, 2.75) is 31.3 Å². The number of sulfonamides is 1. The zero-order chi connectivity index (χ0) is 21.7. The van der Waals surface area contributed by atoms with Gasteiger partial charge in [0.05, 0.1) is 11.4 Å². The molecule has 2 rings (SSSR count). The lowest BCUT2D eigenvalue weighted by Crippen LogP contribution is -2.40. The van der Waals surface area contributed by atoms with E-state index in [9.17, 15) is 17.6 Å². The average Bonchev–Trinajstić information content (AvgIpc) is 2.73. The SMILES string of the molecule is CCN(CC)S(=O)(=O)c1ccc(C(=O)NCC(C)(OC)c2ccccc2F)cc1. The van der Waals surface area contributed by atoms with Gasteiger partial charge in [0.1, 0.15) is 11.4 Å². The van der Waals surface area contributed by atoms with Gasteiger partial charge < -0.3 is 10.1 Å². The summed E-state index contributed by atoms with van der Waals surface area (Å²) < 4.78 is 46.0. The molecule has 1 N–H and O–H groups in total. The van der Waals surface area contributed by atoms with Crippen molar-refractivity contribution in [3.05, 3.63) is 65.5 Å². The second-order valence-corrected chi connectivity index (χ2v) is 8.65. The fourth-order valence-corrected chi connectivity index (χ4v) is 4.47. The predicted molar refractivity (Wildman–Crippen MR) is 110 cm³/mol. The summed E-state index contributed by atoms with van der Waals surface area (Å²) in [5, 5.41) is 2.73. The van der Waals surface area contributed by atoms with E-state index in [0.29, 0.717) is 24.2 Å². The van der Waals surface area contributed by atoms with Crippen LogP contribution < -0.4 is 5.32 Å². The van der Waals surface area contributed by atoms with Crippen LogP contribution >= 0.6 is 0 Å². The lowest BCUT2D eigenvalue weighted by atomic mass is 9.95. The Balaban J connectivity index is 2.14. The van der Waals surface area contributed by atoms with Gasteiger partial charge in [0.25, 0.3) is 5.91 Å². The van der Waals surface area contributed by atoms with Gasteiger partial charge in [0.2, 0.25) is 10.0 Å². The zero-order valence-electron chi connectivity index (χ0n) is 17.1. The van der Waals surface area contributed by atoms with Crippen LogP contribution in [-0.4, -0.2) is 45.4 Å². The molecule has 0 bridgehead atoms. The Kier molecular flexibility index (Phi) is 7.51. The van der Waals surface area contributed by atoms with Gasteiger partial charge in [0, 0.05) is 31.3 Å². The molecule has 0 saturated carbocycles. The minimum atomic E-state index is -3.58. The van der Waals surface area contributed by atoms with Crippen LogP contribution in [0.25, 0.3) is 0 Å². The Hall–Kier alpha value is -2.29. The van der Waals surface area contributed by atoms with E-state index in [4.69, 9.17) is 4.74 Å². The topological polar surface area (TPSA) is 75.7 Å². The molecular formula is C21H27FN2O4S. The van der Waals surface area contributed by atoms with Crippen LogP contribution in [0.3, 0.4) is 0 Å². The highest BCUT2D eigenvalue weighted by Crippen LogP contribution is 2.26. The molecule has 0 spiro atoms. The highest BCUT2D eigenvalue weighted by molar-refractivity contribution is 7.89. The maximum atomic E-state index is 14.1. The molecule has 0 fully saturated rings. The minimum absolute atomic E-state index is 0.0444. The van der Waals surface area contributed by atoms with Crippen molar-refractivity contribution in [2.24, 2.45) is 0 Å². The van der Waals surface area contributed by atoms with Crippen molar-refractivity contribution in [3.63, 3.8) is 0 Å². The summed E-state index contributed by atoms with van der Waals surface area (Å²) in [7, 11) is -2.13. The largest absolute Gasteiger partial charge is 0.372 e. The standard InChI is InChI=1S/C21H27FN2O4S/c1-5-24(6-2)29(26,27)17-13-11-16(12-14-17)20(25)23-15-21(3,28-4)18-9-7-8-10-19(18)22/h7-14H,5-6,15H2,1-4H3,(H,23,25). The fourth-order valence-electron chi connectivity index (χ4n) is 3.01. The monoisotopic (exact) mass is 422 g/mol. The molecule has 0 radical (unpaired) electrons. The average molecular weight is 423 g/mol. The Morgan fingerprint density at radius 2 is 1.69 bits per heavy atom. The summed E-state index contributed by atoms with van der Waals surface area (Å²) in [6.45, 7) is 6.00. The molecule has 2 aromatic carbocycles. The van der Waals surface area contributed by atoms with Crippen LogP contribution in [0.4, 0.5) is 4.39 Å². The summed E-state index contributed by atoms with van der Waals surface area (Å²) in [5.74, 6) is -0.825. The molecule has 1 amide bonds. The summed E-state index contributed by atoms with van der Waals surface area (Å²) >= 11 is 0. The normalized spacial score (nSPS) is 13.9. The molecule has 1 atom stereocenters. The third-order valence-corrected chi connectivity index (χ3v) is 7.00. The molecule has 0 aliphatic heterocycles. The number of carbonyl (C=O) groups excluding carboxylic acids is 1. The predicted octanol–water partition coefficient (Wildman–Crippen LogP) is 3.15. The number of hydrogen-bond acceptors (Lipinski definition) is 4. The number of nitrogens with one attached hydrogen (secondary N) is 1. The maximum absolute atomic E-state index is 14.1. The van der Waals surface area contributed by atoms with Gasteiger partial charge in [-0.1, -0.05) is 32.0 Å². The van der Waals surface area contributed by atoms with Gasteiger partial charge in [-0.05, 0) is 37.3 Å². The maximum Gasteiger partial charge on any atom is 0.251 e. The summed E-state index contributed by atoms with van der Waals surface area (Å²) in [6.07, 6.45) is 0. The van der Waals surface area contributed by atoms with Gasteiger partial charge in [-0.15, -0.1) is 0 Å². The van der Waals surface area contributed by atoms with Crippen LogP contribution in [-0.2, 0) is 20.4 Å². The number of benzene rings is 2. The smallest absolute Gasteiger partial charge is 0.251 e. The summed E-state index contributed by atoms with van der Waals surface area (Å²) in [5.41, 5.74) is -0.411. The molecule has 0 aromatic heterocycles. The van der Waals surface area contributed by atoms with E-state index >= 15 is 0 Å². The van der Waals surface area contributed by atoms with Crippen molar-refractivity contribution in [3.8, 4) is 0 Å². The second kappa shape index (κ2) is 9.47. The molecule has 2 aromatic rings. The first-order chi connectivity index (χ1) is 13.7. The van der Waals surface area contributed by atoms with Gasteiger partial charge >= 0.3 is 0 Å². The van der Waals surface area contributed by atoms with Crippen LogP contribution in [0.5, 0.6) is 0 Å². The van der Waals surface area contributed by atoms with Crippen LogP contribution in [0.2, 0.25) is 0 Å². The van der Waals surface area contributed by atoms with E-state index < -0.39 is 27.3 Å². The molecule has 158 valence electrons. The second-order valence-electron chi connectivity index (χ2n) is 6.71. The lowest BCUT2D eigenvalue weighted by molar-refractivity contribution is 0.000388. The van der Waals surface area contributed by atoms with Gasteiger partial charge in [-0.3, -0.25) is 4.79 Å². The summed E-state index contributed by atoms with van der Waals surface area (Å²) in [4.78, 5) is 12.6. The third-order valence-electron chi connectivity index (χ3n) is 4.94. The Bertz CT molecular complexity index is 943. The lowest BCUT2D eigenvalue weighted by Gasteiger charge is -2.29. The van der Waals surface area contributed by atoms with Crippen molar-refractivity contribution < 1.29 is 22.3 Å². The molecule has 6 nitrogen and oxygen atoms in total. The van der Waals surface area contributed by atoms with E-state index in [2.05, 4.69) is 5.32 Å². The fraction of sp³-hybridized carbons (Fsp3) is 0.381. The third kappa shape index (κ3) is 5.01. The molecule has 0 heterocycles. The molecule has 0 saturated heterocycles. The van der Waals surface area contributed by atoms with E-state index in [1.165, 1.54) is 41.7 Å². The van der Waals surface area contributed by atoms with Crippen molar-refractivity contribution in [1.82, 2.24) is 9.62 Å². The van der Waals surface area contributed by atoms with E-state index in [0.717, 1.165) is 0 Å². The highest BCUT2D eigenvalue weighted by atomic mass is 32.2. The minimum Gasteiger partial charge on any atom is -0.372 e. The first-order valence-electron chi connectivity index (χ1n) is 9.38. The zero-order valence-corrected chi connectivity index (χ0v) is 17.9. The van der Waals surface area contributed by atoms with Crippen LogP contribution in [0.15, 0.2) is 53.4 Å². The number of hydrogen-bond donors (Lipinski definition) is 1. The molecule has 1 unspecified atom stereocenters. The molecule has 0 aliphatic carbocycles.